The standard InChI is InChI=1S/C4H14P2S2/c1-8(2,3,4)6(5)7-8/h5H2,1-4H3. The molecule has 1 heterocycles. The molecule has 8 heavy (non-hydrogen) atoms. The highest BCUT2D eigenvalue weighted by Crippen LogP contribution is 3.31. The lowest BCUT2D eigenvalue weighted by molar-refractivity contribution is 2.00. The Labute approximate surface area is 57.6 Å². The zero-order chi connectivity index (χ0) is 6.69. The molecule has 0 aliphatic carbocycles. The highest BCUT2D eigenvalue weighted by atomic mass is 33.9. The molecule has 0 amide bonds. The van der Waals surface area contributed by atoms with E-state index in [0.29, 0.717) is 0 Å². The Morgan fingerprint density at radius 1 is 1.25 bits per heavy atom. The van der Waals surface area contributed by atoms with Gasteiger partial charge in [-0.05, 0) is 25.0 Å². The van der Waals surface area contributed by atoms with Gasteiger partial charge in [0.05, 0.1) is 0 Å². The first kappa shape index (κ1) is 7.66. The highest BCUT2D eigenvalue weighted by Gasteiger charge is 2.64. The average molecular weight is 188 g/mol. The molecule has 1 fully saturated rings. The predicted molar refractivity (Wildman–Crippen MR) is 55.5 cm³/mol. The lowest BCUT2D eigenvalue weighted by atomic mass is 11.8. The van der Waals surface area contributed by atoms with Crippen molar-refractivity contribution in [3.8, 4) is 0 Å². The maximum Gasteiger partial charge on any atom is 0.0171 e. The monoisotopic (exact) mass is 188 g/mol. The number of hydrogen-bond acceptors (Lipinski definition) is 1. The second kappa shape index (κ2) is 1.16. The van der Waals surface area contributed by atoms with Gasteiger partial charge >= 0.3 is 0 Å². The van der Waals surface area contributed by atoms with Gasteiger partial charge in [-0.25, -0.2) is 6.95 Å². The molecule has 0 N–H and O–H groups in total. The summed E-state index contributed by atoms with van der Waals surface area (Å²) in [4.78, 5) is 0. The van der Waals surface area contributed by atoms with Crippen LogP contribution in [0.3, 0.4) is 0 Å². The molecule has 0 aromatic rings. The van der Waals surface area contributed by atoms with Crippen molar-refractivity contribution in [2.45, 2.75) is 0 Å². The van der Waals surface area contributed by atoms with Crippen LogP contribution in [0.15, 0.2) is 0 Å². The fourth-order valence-corrected chi connectivity index (χ4v) is 28.5. The highest BCUT2D eigenvalue weighted by molar-refractivity contribution is 9.73. The first-order valence-electron chi connectivity index (χ1n) is 2.42. The molecule has 4 heteroatoms. The number of rotatable bonds is 0. The van der Waals surface area contributed by atoms with Crippen LogP contribution in [0, 0.1) is 0 Å². The minimum absolute atomic E-state index is 0.274. The molecule has 0 aromatic heterocycles. The van der Waals surface area contributed by atoms with E-state index in [1.807, 2.05) is 0 Å². The summed E-state index contributed by atoms with van der Waals surface area (Å²) in [5, 5.41) is 0. The topological polar surface area (TPSA) is 0 Å². The zero-order valence-corrected chi connectivity index (χ0v) is 9.52. The molecule has 2 unspecified atom stereocenters. The summed E-state index contributed by atoms with van der Waals surface area (Å²) in [5.41, 5.74) is 0. The minimum Gasteiger partial charge on any atom is -0.216 e. The summed E-state index contributed by atoms with van der Waals surface area (Å²) in [5.74, 6) is 0. The van der Waals surface area contributed by atoms with E-state index >= 15 is 0 Å². The smallest absolute Gasteiger partial charge is 0.0171 e. The normalized spacial score (nSPS) is 54.4. The van der Waals surface area contributed by atoms with E-state index in [2.05, 4.69) is 44.4 Å². The van der Waals surface area contributed by atoms with Gasteiger partial charge in [-0.1, -0.05) is 19.3 Å². The molecule has 0 aromatic carbocycles. The molecule has 52 valence electrons. The Morgan fingerprint density at radius 2 is 1.38 bits per heavy atom. The lowest BCUT2D eigenvalue weighted by Gasteiger charge is -2.47. The summed E-state index contributed by atoms with van der Waals surface area (Å²) in [6, 6.07) is 0.274. The van der Waals surface area contributed by atoms with Gasteiger partial charge < -0.3 is 0 Å². The summed E-state index contributed by atoms with van der Waals surface area (Å²) in [6.07, 6.45) is 9.79. The molecule has 0 saturated carbocycles. The van der Waals surface area contributed by atoms with Crippen LogP contribution in [0.5, 0.6) is 0 Å². The van der Waals surface area contributed by atoms with Gasteiger partial charge in [0.15, 0.2) is 0 Å². The first-order chi connectivity index (χ1) is 3.14. The molecular formula is C4H14P2S2. The van der Waals surface area contributed by atoms with Crippen molar-refractivity contribution < 1.29 is 0 Å². The van der Waals surface area contributed by atoms with Gasteiger partial charge in [-0.2, -0.15) is 0 Å². The molecule has 0 bridgehead atoms. The van der Waals surface area contributed by atoms with Crippen LogP contribution in [0.2, 0.25) is 0 Å². The van der Waals surface area contributed by atoms with E-state index in [1.165, 1.54) is 0 Å². The molecule has 0 spiro atoms. The molecule has 1 rings (SSSR count). The molecular weight excluding hydrogens is 174 g/mol. The van der Waals surface area contributed by atoms with Crippen LogP contribution in [0.25, 0.3) is 0 Å². The van der Waals surface area contributed by atoms with E-state index < -0.39 is 6.95 Å². The third-order valence-electron chi connectivity index (χ3n) is 1.18. The number of hydrogen-bond donors (Lipinski definition) is 0. The van der Waals surface area contributed by atoms with Crippen molar-refractivity contribution in [1.29, 1.82) is 0 Å². The molecule has 1 saturated heterocycles. The maximum absolute atomic E-state index is 2.98. The third kappa shape index (κ3) is 1.19. The Morgan fingerprint density at radius 3 is 1.38 bits per heavy atom. The van der Waals surface area contributed by atoms with Crippen LogP contribution >= 0.6 is 32.3 Å². The Hall–Kier alpha value is 1.56. The molecule has 1 aliphatic rings. The quantitative estimate of drug-likeness (QED) is 0.320. The van der Waals surface area contributed by atoms with Gasteiger partial charge in [-0.15, -0.1) is 0 Å². The first-order valence-corrected chi connectivity index (χ1v) is 12.0. The summed E-state index contributed by atoms with van der Waals surface area (Å²) >= 11 is 0. The van der Waals surface area contributed by atoms with Crippen LogP contribution in [-0.4, -0.2) is 25.0 Å². The van der Waals surface area contributed by atoms with Gasteiger partial charge in [-0.3, -0.25) is 0 Å². The van der Waals surface area contributed by atoms with E-state index in [1.54, 1.807) is 0 Å². The van der Waals surface area contributed by atoms with Crippen LogP contribution in [0.1, 0.15) is 0 Å². The second-order valence-corrected chi connectivity index (χ2v) is 31.7. The molecule has 1 aliphatic heterocycles. The second-order valence-electron chi connectivity index (χ2n) is 4.28. The molecule has 0 nitrogen and oxygen atoms in total. The lowest BCUT2D eigenvalue weighted by Crippen LogP contribution is -2.06. The molecule has 2 atom stereocenters. The largest absolute Gasteiger partial charge is 0.216 e. The van der Waals surface area contributed by atoms with Gasteiger partial charge in [0.1, 0.15) is 0 Å². The van der Waals surface area contributed by atoms with Crippen LogP contribution < -0.4 is 0 Å². The van der Waals surface area contributed by atoms with Crippen molar-refractivity contribution in [3.05, 3.63) is 0 Å². The Balaban J connectivity index is 2.99. The van der Waals surface area contributed by atoms with Crippen molar-refractivity contribution in [2.24, 2.45) is 0 Å². The fourth-order valence-electron chi connectivity index (χ4n) is 0.313. The Bertz CT molecular complexity index is 142. The summed E-state index contributed by atoms with van der Waals surface area (Å²) < 4.78 is 0. The maximum atomic E-state index is 2.98. The zero-order valence-electron chi connectivity index (χ0n) is 5.84. The van der Waals surface area contributed by atoms with Crippen molar-refractivity contribution in [3.63, 3.8) is 0 Å². The van der Waals surface area contributed by atoms with Gasteiger partial charge in [0.2, 0.25) is 0 Å². The van der Waals surface area contributed by atoms with E-state index in [0.717, 1.165) is 0 Å². The van der Waals surface area contributed by atoms with Gasteiger partial charge in [0.25, 0.3) is 0 Å². The third-order valence-corrected chi connectivity index (χ3v) is 36.5. The summed E-state index contributed by atoms with van der Waals surface area (Å²) in [7, 11) is 5.18. The SMILES string of the molecule is CS1(C)(C)(C)SP1P. The van der Waals surface area contributed by atoms with E-state index in [9.17, 15) is 0 Å². The van der Waals surface area contributed by atoms with E-state index in [4.69, 9.17) is 0 Å². The van der Waals surface area contributed by atoms with Gasteiger partial charge in [0, 0.05) is 6.01 Å². The van der Waals surface area contributed by atoms with Crippen molar-refractivity contribution in [2.75, 3.05) is 25.0 Å². The van der Waals surface area contributed by atoms with Crippen LogP contribution in [-0.2, 0) is 0 Å². The summed E-state index contributed by atoms with van der Waals surface area (Å²) in [6.45, 7) is -1.39. The van der Waals surface area contributed by atoms with Crippen molar-refractivity contribution in [1.82, 2.24) is 0 Å². The predicted octanol–water partition coefficient (Wildman–Crippen LogP) is 3.15. The fraction of sp³-hybridized carbons (Fsp3) is 1.00. The van der Waals surface area contributed by atoms with Crippen molar-refractivity contribution >= 4 is 32.3 Å². The van der Waals surface area contributed by atoms with E-state index in [-0.39, 0.29) is 6.01 Å². The minimum atomic E-state index is -1.39. The average Bonchev–Trinajstić information content (AvgIpc) is 1.60. The van der Waals surface area contributed by atoms with Crippen LogP contribution in [0.4, 0.5) is 0 Å². The molecule has 0 radical (unpaired) electrons. The Kier molecular flexibility index (Phi) is 1.11.